The minimum absolute atomic E-state index is 0.0225. The first-order valence-corrected chi connectivity index (χ1v) is 7.13. The van der Waals surface area contributed by atoms with Crippen molar-refractivity contribution in [2.45, 2.75) is 40.0 Å². The molecule has 92 valence electrons. The van der Waals surface area contributed by atoms with Crippen LogP contribution < -0.4 is 0 Å². The van der Waals surface area contributed by atoms with Gasteiger partial charge < -0.3 is 0 Å². The van der Waals surface area contributed by atoms with Crippen LogP contribution in [-0.2, 0) is 4.79 Å². The number of ketones is 1. The molecule has 0 heterocycles. The summed E-state index contributed by atoms with van der Waals surface area (Å²) in [4.78, 5) is 12.8. The molecule has 7 atom stereocenters. The van der Waals surface area contributed by atoms with Crippen molar-refractivity contribution in [1.29, 1.82) is 0 Å². The molecule has 1 nitrogen and oxygen atoms in total. The molecule has 0 aromatic rings. The number of rotatable bonds is 3. The number of fused-ring (bicyclic) bond motifs is 1. The Hall–Kier alpha value is -0.590. The van der Waals surface area contributed by atoms with E-state index in [1.165, 1.54) is 18.4 Å². The Bertz CT molecular complexity index is 444. The third-order valence-corrected chi connectivity index (χ3v) is 7.10. The van der Waals surface area contributed by atoms with E-state index in [0.29, 0.717) is 23.0 Å². The van der Waals surface area contributed by atoms with E-state index in [2.05, 4.69) is 27.4 Å². The normalized spacial score (nSPS) is 58.6. The van der Waals surface area contributed by atoms with Crippen molar-refractivity contribution in [2.75, 3.05) is 0 Å². The Morgan fingerprint density at radius 1 is 1.47 bits per heavy atom. The van der Waals surface area contributed by atoms with Crippen molar-refractivity contribution >= 4 is 5.78 Å². The van der Waals surface area contributed by atoms with E-state index in [1.807, 2.05) is 0 Å². The number of carbonyl (C=O) groups excluding carboxylic acids is 1. The fourth-order valence-electron chi connectivity index (χ4n) is 6.16. The average molecular weight is 230 g/mol. The molecule has 4 aliphatic rings. The fourth-order valence-corrected chi connectivity index (χ4v) is 6.16. The van der Waals surface area contributed by atoms with Gasteiger partial charge in [-0.1, -0.05) is 19.4 Å². The second-order valence-corrected chi connectivity index (χ2v) is 7.50. The van der Waals surface area contributed by atoms with Gasteiger partial charge in [-0.25, -0.2) is 0 Å². The lowest BCUT2D eigenvalue weighted by Gasteiger charge is -2.44. The summed E-state index contributed by atoms with van der Waals surface area (Å²) in [5, 5.41) is 0. The molecule has 4 rings (SSSR count). The Kier molecular flexibility index (Phi) is 1.55. The van der Waals surface area contributed by atoms with Gasteiger partial charge in [0.15, 0.2) is 0 Å². The van der Waals surface area contributed by atoms with Crippen LogP contribution in [0.1, 0.15) is 40.0 Å². The summed E-state index contributed by atoms with van der Waals surface area (Å²) in [6, 6.07) is 0. The predicted octanol–water partition coefficient (Wildman–Crippen LogP) is 3.45. The van der Waals surface area contributed by atoms with E-state index >= 15 is 0 Å². The second-order valence-electron chi connectivity index (χ2n) is 7.50. The van der Waals surface area contributed by atoms with Crippen molar-refractivity contribution < 1.29 is 4.79 Å². The third-order valence-electron chi connectivity index (χ3n) is 7.10. The minimum atomic E-state index is -0.0225. The molecule has 0 N–H and O–H groups in total. The van der Waals surface area contributed by atoms with Gasteiger partial charge in [0.05, 0.1) is 0 Å². The quantitative estimate of drug-likeness (QED) is 0.679. The van der Waals surface area contributed by atoms with E-state index in [-0.39, 0.29) is 5.41 Å². The van der Waals surface area contributed by atoms with Crippen molar-refractivity contribution in [1.82, 2.24) is 0 Å². The zero-order chi connectivity index (χ0) is 12.2. The fraction of sp³-hybridized carbons (Fsp3) is 0.812. The number of allylic oxidation sites excluding steroid dienone is 1. The van der Waals surface area contributed by atoms with E-state index < -0.39 is 0 Å². The molecule has 0 aromatic carbocycles. The predicted molar refractivity (Wildman–Crippen MR) is 67.3 cm³/mol. The SMILES string of the molecule is C=C(C)C[C@@H](C)[C@@]1(C)C(=O)C2C[C@H]3[C@@H]4CC1[C@]234. The summed E-state index contributed by atoms with van der Waals surface area (Å²) in [5.41, 5.74) is 1.76. The lowest BCUT2D eigenvalue weighted by Crippen LogP contribution is -2.41. The molecule has 4 saturated carbocycles. The van der Waals surface area contributed by atoms with E-state index in [1.54, 1.807) is 0 Å². The maximum Gasteiger partial charge on any atom is 0.142 e. The van der Waals surface area contributed by atoms with E-state index in [4.69, 9.17) is 0 Å². The molecule has 0 saturated heterocycles. The van der Waals surface area contributed by atoms with E-state index in [0.717, 1.165) is 24.2 Å². The Morgan fingerprint density at radius 2 is 2.12 bits per heavy atom. The number of Topliss-reactive ketones (excluding diaryl/α,β-unsaturated/α-hetero) is 1. The number of carbonyl (C=O) groups is 1. The van der Waals surface area contributed by atoms with Gasteiger partial charge in [-0.05, 0) is 55.3 Å². The topological polar surface area (TPSA) is 17.1 Å². The summed E-state index contributed by atoms with van der Waals surface area (Å²) >= 11 is 0. The maximum atomic E-state index is 12.8. The lowest BCUT2D eigenvalue weighted by atomic mass is 9.58. The Labute approximate surface area is 104 Å². The summed E-state index contributed by atoms with van der Waals surface area (Å²) in [6.07, 6.45) is 3.61. The first-order valence-electron chi connectivity index (χ1n) is 7.13. The van der Waals surface area contributed by atoms with Gasteiger partial charge in [-0.2, -0.15) is 0 Å². The van der Waals surface area contributed by atoms with Crippen molar-refractivity contribution in [3.8, 4) is 0 Å². The van der Waals surface area contributed by atoms with Crippen molar-refractivity contribution in [3.05, 3.63) is 12.2 Å². The van der Waals surface area contributed by atoms with Crippen LogP contribution in [0.4, 0.5) is 0 Å². The molecule has 4 fully saturated rings. The Morgan fingerprint density at radius 3 is 2.59 bits per heavy atom. The first-order chi connectivity index (χ1) is 7.95. The summed E-state index contributed by atoms with van der Waals surface area (Å²) in [5.74, 6) is 4.22. The van der Waals surface area contributed by atoms with Gasteiger partial charge in [-0.3, -0.25) is 4.79 Å². The van der Waals surface area contributed by atoms with Crippen LogP contribution in [0.2, 0.25) is 0 Å². The molecule has 0 amide bonds. The van der Waals surface area contributed by atoms with Crippen LogP contribution >= 0.6 is 0 Å². The molecule has 2 unspecified atom stereocenters. The zero-order valence-electron chi connectivity index (χ0n) is 11.1. The largest absolute Gasteiger partial charge is 0.299 e. The van der Waals surface area contributed by atoms with Gasteiger partial charge in [0.2, 0.25) is 0 Å². The molecule has 0 bridgehead atoms. The van der Waals surface area contributed by atoms with Crippen molar-refractivity contribution in [2.24, 2.45) is 40.4 Å². The van der Waals surface area contributed by atoms with Crippen LogP contribution in [0.5, 0.6) is 0 Å². The highest BCUT2D eigenvalue weighted by Crippen LogP contribution is 2.94. The molecule has 1 spiro atoms. The average Bonchev–Trinajstić information content (AvgIpc) is 2.49. The zero-order valence-corrected chi connectivity index (χ0v) is 11.1. The summed E-state index contributed by atoms with van der Waals surface area (Å²) in [7, 11) is 0. The van der Waals surface area contributed by atoms with Gasteiger partial charge in [0.25, 0.3) is 0 Å². The van der Waals surface area contributed by atoms with Crippen LogP contribution in [0, 0.1) is 40.4 Å². The van der Waals surface area contributed by atoms with Crippen LogP contribution in [0.25, 0.3) is 0 Å². The molecule has 4 aliphatic carbocycles. The molecule has 0 aliphatic heterocycles. The maximum absolute atomic E-state index is 12.8. The molecular weight excluding hydrogens is 208 g/mol. The van der Waals surface area contributed by atoms with Crippen molar-refractivity contribution in [3.63, 3.8) is 0 Å². The van der Waals surface area contributed by atoms with Gasteiger partial charge in [-0.15, -0.1) is 6.58 Å². The minimum Gasteiger partial charge on any atom is -0.299 e. The van der Waals surface area contributed by atoms with Gasteiger partial charge in [0, 0.05) is 11.3 Å². The smallest absolute Gasteiger partial charge is 0.142 e. The molecule has 0 aromatic heterocycles. The van der Waals surface area contributed by atoms with Gasteiger partial charge >= 0.3 is 0 Å². The number of hydrogen-bond donors (Lipinski definition) is 0. The molecular formula is C16H22O. The van der Waals surface area contributed by atoms with Crippen LogP contribution in [0.15, 0.2) is 12.2 Å². The molecule has 0 radical (unpaired) electrons. The highest BCUT2D eigenvalue weighted by Gasteiger charge is 2.92. The van der Waals surface area contributed by atoms with Crippen LogP contribution in [0.3, 0.4) is 0 Å². The summed E-state index contributed by atoms with van der Waals surface area (Å²) in [6.45, 7) is 10.7. The standard InChI is InChI=1S/C16H22O/c1-8(2)5-9(3)15(4)13-7-11-10-6-12(14(15)17)16(10,11)13/h9-13H,1,5-7H2,2-4H3/t9-,10+,11+,12?,13?,15-,16-/m1/s1. The van der Waals surface area contributed by atoms with Gasteiger partial charge in [0.1, 0.15) is 5.78 Å². The van der Waals surface area contributed by atoms with Crippen LogP contribution in [-0.4, -0.2) is 5.78 Å². The highest BCUT2D eigenvalue weighted by molar-refractivity contribution is 5.94. The monoisotopic (exact) mass is 230 g/mol. The molecule has 1 heteroatoms. The summed E-state index contributed by atoms with van der Waals surface area (Å²) < 4.78 is 0. The number of hydrogen-bond acceptors (Lipinski definition) is 1. The third kappa shape index (κ3) is 0.785. The Balaban J connectivity index is 1.69. The lowest BCUT2D eigenvalue weighted by molar-refractivity contribution is -0.133. The highest BCUT2D eigenvalue weighted by atomic mass is 16.1. The molecule has 17 heavy (non-hydrogen) atoms. The second kappa shape index (κ2) is 2.55. The van der Waals surface area contributed by atoms with E-state index in [9.17, 15) is 4.79 Å². The first kappa shape index (κ1) is 10.3.